The molecule has 36 heavy (non-hydrogen) atoms. The van der Waals surface area contributed by atoms with Crippen LogP contribution in [0.5, 0.6) is 0 Å². The van der Waals surface area contributed by atoms with Crippen molar-refractivity contribution in [2.75, 3.05) is 0 Å². The molecule has 184 valence electrons. The number of aryl methyl sites for hydroxylation is 3. The van der Waals surface area contributed by atoms with Crippen LogP contribution < -0.4 is 0 Å². The van der Waals surface area contributed by atoms with Gasteiger partial charge in [-0.15, -0.1) is 0 Å². The van der Waals surface area contributed by atoms with Crippen LogP contribution in [-0.2, 0) is 0 Å². The summed E-state index contributed by atoms with van der Waals surface area (Å²) in [5.41, 5.74) is 2.93. The Balaban J connectivity index is 0.000000291. The van der Waals surface area contributed by atoms with Gasteiger partial charge < -0.3 is 0 Å². The molecular formula is C22H19BrCl2N10S. The van der Waals surface area contributed by atoms with Crippen LogP contribution in [-0.4, -0.2) is 39.9 Å². The van der Waals surface area contributed by atoms with Gasteiger partial charge in [0.15, 0.2) is 0 Å². The summed E-state index contributed by atoms with van der Waals surface area (Å²) >= 11 is 15.7. The van der Waals surface area contributed by atoms with E-state index in [4.69, 9.17) is 33.7 Å². The van der Waals surface area contributed by atoms with E-state index in [2.05, 4.69) is 55.8 Å². The summed E-state index contributed by atoms with van der Waals surface area (Å²) in [6, 6.07) is 3.67. The number of halogens is 3. The van der Waals surface area contributed by atoms with Crippen LogP contribution in [0.1, 0.15) is 35.9 Å². The zero-order chi connectivity index (χ0) is 25.8. The molecule has 0 unspecified atom stereocenters. The fourth-order valence-electron chi connectivity index (χ4n) is 1.92. The number of rotatable bonds is 2. The van der Waals surface area contributed by atoms with E-state index in [1.54, 1.807) is 24.8 Å². The molecule has 0 radical (unpaired) electrons. The predicted octanol–water partition coefficient (Wildman–Crippen LogP) is 5.75. The quantitative estimate of drug-likeness (QED) is 0.203. The summed E-state index contributed by atoms with van der Waals surface area (Å²) in [4.78, 5) is 31.6. The highest BCUT2D eigenvalue weighted by Crippen LogP contribution is 2.27. The first-order chi connectivity index (χ1) is 16.7. The number of hydrogen-bond donors (Lipinski definition) is 0. The Morgan fingerprint density at radius 1 is 0.722 bits per heavy atom. The van der Waals surface area contributed by atoms with Gasteiger partial charge in [0, 0.05) is 48.4 Å². The first kappa shape index (κ1) is 30.7. The molecule has 0 N–H and O–H groups in total. The molecule has 0 saturated heterocycles. The number of nitriles is 2. The molecule has 4 aromatic rings. The van der Waals surface area contributed by atoms with Crippen molar-refractivity contribution in [1.29, 1.82) is 10.5 Å². The lowest BCUT2D eigenvalue weighted by Gasteiger charge is -2.03. The number of aromatic nitrogens is 8. The van der Waals surface area contributed by atoms with Crippen molar-refractivity contribution in [2.45, 2.75) is 38.1 Å². The third-order valence-electron chi connectivity index (χ3n) is 3.75. The second-order valence-corrected chi connectivity index (χ2v) is 8.98. The maximum atomic E-state index is 8.58. The number of nitrogens with zero attached hydrogens (tertiary/aromatic N) is 10. The third kappa shape index (κ3) is 10.5. The van der Waals surface area contributed by atoms with Crippen molar-refractivity contribution in [3.8, 4) is 12.1 Å². The van der Waals surface area contributed by atoms with E-state index < -0.39 is 0 Å². The van der Waals surface area contributed by atoms with E-state index in [0.717, 1.165) is 31.2 Å². The molecule has 0 saturated carbocycles. The van der Waals surface area contributed by atoms with Crippen molar-refractivity contribution >= 4 is 50.9 Å². The van der Waals surface area contributed by atoms with Gasteiger partial charge in [-0.3, -0.25) is 0 Å². The Kier molecular flexibility index (Phi) is 13.4. The van der Waals surface area contributed by atoms with Gasteiger partial charge in [0.05, 0.1) is 9.37 Å². The Hall–Kier alpha value is -3.29. The van der Waals surface area contributed by atoms with Crippen LogP contribution in [0.2, 0.25) is 10.6 Å². The molecular weight excluding hydrogens is 587 g/mol. The minimum absolute atomic E-state index is 0. The average molecular weight is 606 g/mol. The Labute approximate surface area is 231 Å². The van der Waals surface area contributed by atoms with Gasteiger partial charge in [-0.05, 0) is 65.5 Å². The summed E-state index contributed by atoms with van der Waals surface area (Å²) in [5, 5.41) is 18.1. The van der Waals surface area contributed by atoms with Crippen molar-refractivity contribution in [3.05, 3.63) is 80.7 Å². The average Bonchev–Trinajstić information content (AvgIpc) is 2.86. The minimum Gasteiger partial charge on any atom is -0.226 e. The second kappa shape index (κ2) is 15.7. The Morgan fingerprint density at radius 3 is 1.67 bits per heavy atom. The van der Waals surface area contributed by atoms with Crippen molar-refractivity contribution in [1.82, 2.24) is 39.9 Å². The molecule has 14 heteroatoms. The highest BCUT2D eigenvalue weighted by molar-refractivity contribution is 9.10. The summed E-state index contributed by atoms with van der Waals surface area (Å²) < 4.78 is 0.779. The van der Waals surface area contributed by atoms with E-state index in [9.17, 15) is 0 Å². The van der Waals surface area contributed by atoms with E-state index >= 15 is 0 Å². The van der Waals surface area contributed by atoms with Crippen LogP contribution in [0, 0.1) is 43.4 Å². The van der Waals surface area contributed by atoms with Gasteiger partial charge in [-0.1, -0.05) is 19.2 Å². The Bertz CT molecular complexity index is 1360. The van der Waals surface area contributed by atoms with Gasteiger partial charge in [0.25, 0.3) is 0 Å². The van der Waals surface area contributed by atoms with Crippen molar-refractivity contribution < 1.29 is 0 Å². The van der Waals surface area contributed by atoms with E-state index in [1.165, 1.54) is 24.2 Å². The van der Waals surface area contributed by atoms with Gasteiger partial charge in [0.1, 0.15) is 17.2 Å². The first-order valence-corrected chi connectivity index (χ1v) is 11.8. The van der Waals surface area contributed by atoms with E-state index in [1.807, 2.05) is 32.9 Å². The second-order valence-electron chi connectivity index (χ2n) is 6.33. The molecule has 10 nitrogen and oxygen atoms in total. The zero-order valence-corrected chi connectivity index (χ0v) is 22.4. The fraction of sp³-hybridized carbons (Fsp3) is 0.182. The lowest BCUT2D eigenvalue weighted by Crippen LogP contribution is -1.91. The molecule has 0 spiro atoms. The molecule has 0 amide bonds. The standard InChI is InChI=1S/C10H6ClN5S.C6H7ClN2.C5H2BrN3.CH4/c1-6-3-15-10(11)16-9(6)17-7-4-13-8(2-12)14-5-7;1-4-3-8-6(7)9-5(4)2;6-4-2-8-5(1-7)9-3-4;/h3-5H,1H3;3H,1-2H3;2-3H;1H4. The molecule has 4 heterocycles. The molecule has 0 aliphatic rings. The fourth-order valence-corrected chi connectivity index (χ4v) is 3.26. The smallest absolute Gasteiger partial charge is 0.226 e. The van der Waals surface area contributed by atoms with Gasteiger partial charge in [-0.2, -0.15) is 10.5 Å². The lowest BCUT2D eigenvalue weighted by atomic mass is 10.3. The lowest BCUT2D eigenvalue weighted by molar-refractivity contribution is 0.997. The van der Waals surface area contributed by atoms with Crippen LogP contribution in [0.4, 0.5) is 0 Å². The SMILES string of the molecule is C.Cc1cnc(Cl)nc1C.Cc1cnc(Cl)nc1Sc1cnc(C#N)nc1.N#Cc1ncc(Br)cn1. The maximum absolute atomic E-state index is 8.58. The maximum Gasteiger partial charge on any atom is 0.232 e. The Morgan fingerprint density at radius 2 is 1.19 bits per heavy atom. The number of hydrogen-bond acceptors (Lipinski definition) is 11. The van der Waals surface area contributed by atoms with Crippen LogP contribution in [0.3, 0.4) is 0 Å². The molecule has 0 aliphatic carbocycles. The highest BCUT2D eigenvalue weighted by atomic mass is 79.9. The van der Waals surface area contributed by atoms with E-state index in [0.29, 0.717) is 5.28 Å². The molecule has 0 aliphatic heterocycles. The normalized spacial score (nSPS) is 9.22. The van der Waals surface area contributed by atoms with Crippen LogP contribution in [0.15, 0.2) is 51.6 Å². The van der Waals surface area contributed by atoms with Crippen LogP contribution in [0.25, 0.3) is 0 Å². The summed E-state index contributed by atoms with van der Waals surface area (Å²) in [6.45, 7) is 5.75. The topological polar surface area (TPSA) is 151 Å². The molecule has 0 bridgehead atoms. The largest absolute Gasteiger partial charge is 0.232 e. The van der Waals surface area contributed by atoms with Gasteiger partial charge in [-0.25, -0.2) is 39.9 Å². The monoisotopic (exact) mass is 604 g/mol. The summed E-state index contributed by atoms with van der Waals surface area (Å²) in [7, 11) is 0. The molecule has 4 rings (SSSR count). The van der Waals surface area contributed by atoms with E-state index in [-0.39, 0.29) is 24.4 Å². The highest BCUT2D eigenvalue weighted by Gasteiger charge is 2.06. The third-order valence-corrected chi connectivity index (χ3v) is 5.58. The molecule has 0 atom stereocenters. The predicted molar refractivity (Wildman–Crippen MR) is 140 cm³/mol. The molecule has 4 aromatic heterocycles. The summed E-state index contributed by atoms with van der Waals surface area (Å²) in [6.07, 6.45) is 9.58. The van der Waals surface area contributed by atoms with Crippen molar-refractivity contribution in [3.63, 3.8) is 0 Å². The molecule has 0 aromatic carbocycles. The molecule has 0 fully saturated rings. The van der Waals surface area contributed by atoms with Crippen LogP contribution >= 0.6 is 50.9 Å². The first-order valence-electron chi connectivity index (χ1n) is 9.44. The van der Waals surface area contributed by atoms with Gasteiger partial charge in [0.2, 0.25) is 22.2 Å². The summed E-state index contributed by atoms with van der Waals surface area (Å²) in [5.74, 6) is 0.338. The zero-order valence-electron chi connectivity index (χ0n) is 18.5. The van der Waals surface area contributed by atoms with Crippen molar-refractivity contribution in [2.24, 2.45) is 0 Å². The van der Waals surface area contributed by atoms with Gasteiger partial charge >= 0.3 is 0 Å². The minimum atomic E-state index is 0.